The van der Waals surface area contributed by atoms with E-state index in [1.807, 2.05) is 61.5 Å². The van der Waals surface area contributed by atoms with Gasteiger partial charge in [0, 0.05) is 23.1 Å². The maximum atomic E-state index is 13.5. The molecular formula is C28H27BrN2O3. The van der Waals surface area contributed by atoms with E-state index in [0.29, 0.717) is 31.5 Å². The van der Waals surface area contributed by atoms with E-state index in [0.717, 1.165) is 21.2 Å². The molecule has 1 saturated heterocycles. The molecule has 1 aliphatic rings. The van der Waals surface area contributed by atoms with Crippen LogP contribution < -0.4 is 5.32 Å². The number of aliphatic hydroxyl groups is 1. The van der Waals surface area contributed by atoms with Crippen molar-refractivity contribution in [2.45, 2.75) is 25.4 Å². The van der Waals surface area contributed by atoms with Crippen LogP contribution in [0.1, 0.15) is 39.9 Å². The van der Waals surface area contributed by atoms with Crippen LogP contribution in [0.4, 0.5) is 0 Å². The van der Waals surface area contributed by atoms with Gasteiger partial charge in [0.05, 0.1) is 5.60 Å². The summed E-state index contributed by atoms with van der Waals surface area (Å²) in [4.78, 5) is 28.0. The number of aryl methyl sites for hydroxylation is 1. The Morgan fingerprint density at radius 1 is 0.941 bits per heavy atom. The number of nitrogens with zero attached hydrogens (tertiary/aromatic N) is 1. The van der Waals surface area contributed by atoms with E-state index < -0.39 is 5.60 Å². The van der Waals surface area contributed by atoms with E-state index in [1.165, 1.54) is 0 Å². The number of nitrogens with one attached hydrogen (secondary N) is 1. The number of benzene rings is 3. The zero-order valence-electron chi connectivity index (χ0n) is 19.0. The summed E-state index contributed by atoms with van der Waals surface area (Å²) in [5.74, 6) is -0.599. The van der Waals surface area contributed by atoms with E-state index in [4.69, 9.17) is 0 Å². The molecule has 1 heterocycles. The number of carbonyl (C=O) groups is 2. The number of likely N-dealkylation sites (tertiary alicyclic amines) is 1. The van der Waals surface area contributed by atoms with Gasteiger partial charge in [-0.3, -0.25) is 9.59 Å². The van der Waals surface area contributed by atoms with E-state index >= 15 is 0 Å². The maximum Gasteiger partial charge on any atom is 0.270 e. The minimum absolute atomic E-state index is 0.215. The van der Waals surface area contributed by atoms with E-state index in [9.17, 15) is 14.7 Å². The molecule has 6 heteroatoms. The van der Waals surface area contributed by atoms with E-state index in [-0.39, 0.29) is 17.5 Å². The van der Waals surface area contributed by atoms with Gasteiger partial charge in [-0.15, -0.1) is 0 Å². The van der Waals surface area contributed by atoms with Crippen LogP contribution in [0.15, 0.2) is 89.0 Å². The van der Waals surface area contributed by atoms with Crippen LogP contribution in [-0.4, -0.2) is 34.9 Å². The van der Waals surface area contributed by atoms with Crippen molar-refractivity contribution in [1.29, 1.82) is 0 Å². The van der Waals surface area contributed by atoms with Crippen molar-refractivity contribution >= 4 is 33.8 Å². The molecule has 0 bridgehead atoms. The maximum absolute atomic E-state index is 13.5. The molecule has 1 fully saturated rings. The molecule has 2 amide bonds. The average molecular weight is 519 g/mol. The first-order chi connectivity index (χ1) is 16.3. The largest absolute Gasteiger partial charge is 0.385 e. The fraction of sp³-hybridized carbons (Fsp3) is 0.214. The van der Waals surface area contributed by atoms with Crippen LogP contribution in [0.3, 0.4) is 0 Å². The highest BCUT2D eigenvalue weighted by Crippen LogP contribution is 2.33. The van der Waals surface area contributed by atoms with Gasteiger partial charge < -0.3 is 15.3 Å². The fourth-order valence-electron chi connectivity index (χ4n) is 4.06. The van der Waals surface area contributed by atoms with Gasteiger partial charge in [0.2, 0.25) is 0 Å². The molecule has 3 aromatic carbocycles. The third kappa shape index (κ3) is 5.64. The van der Waals surface area contributed by atoms with Gasteiger partial charge in [0.1, 0.15) is 5.70 Å². The molecule has 4 rings (SSSR count). The quantitative estimate of drug-likeness (QED) is 0.465. The van der Waals surface area contributed by atoms with Crippen molar-refractivity contribution in [3.63, 3.8) is 0 Å². The van der Waals surface area contributed by atoms with Crippen molar-refractivity contribution < 1.29 is 14.7 Å². The monoisotopic (exact) mass is 518 g/mol. The van der Waals surface area contributed by atoms with Crippen molar-refractivity contribution in [2.75, 3.05) is 13.1 Å². The normalized spacial score (nSPS) is 15.6. The topological polar surface area (TPSA) is 69.6 Å². The number of halogens is 1. The van der Waals surface area contributed by atoms with Gasteiger partial charge in [-0.25, -0.2) is 0 Å². The number of carbonyl (C=O) groups excluding carboxylic acids is 2. The molecular weight excluding hydrogens is 492 g/mol. The second kappa shape index (κ2) is 10.4. The first-order valence-corrected chi connectivity index (χ1v) is 12.1. The molecule has 0 atom stereocenters. The molecule has 2 N–H and O–H groups in total. The van der Waals surface area contributed by atoms with Crippen LogP contribution in [0.5, 0.6) is 0 Å². The van der Waals surface area contributed by atoms with Crippen molar-refractivity contribution in [1.82, 2.24) is 10.2 Å². The van der Waals surface area contributed by atoms with Crippen molar-refractivity contribution in [3.8, 4) is 0 Å². The second-order valence-corrected chi connectivity index (χ2v) is 9.54. The Hall–Kier alpha value is -3.22. The van der Waals surface area contributed by atoms with E-state index in [2.05, 4.69) is 21.2 Å². The molecule has 0 spiro atoms. The van der Waals surface area contributed by atoms with Gasteiger partial charge in [-0.05, 0) is 61.2 Å². The minimum atomic E-state index is -0.981. The van der Waals surface area contributed by atoms with Crippen LogP contribution in [0.25, 0.3) is 6.08 Å². The molecule has 0 saturated carbocycles. The SMILES string of the molecule is Cc1ccc(C=C(NC(=O)c2ccccc2)C(=O)N2CCC(O)(c3ccc(Br)cc3)CC2)cc1. The number of piperidine rings is 1. The van der Waals surface area contributed by atoms with Crippen LogP contribution in [0, 0.1) is 6.92 Å². The van der Waals surface area contributed by atoms with E-state index in [1.54, 1.807) is 35.2 Å². The van der Waals surface area contributed by atoms with Gasteiger partial charge in [-0.1, -0.05) is 76.1 Å². The first kappa shape index (κ1) is 23.9. The minimum Gasteiger partial charge on any atom is -0.385 e. The highest BCUT2D eigenvalue weighted by atomic mass is 79.9. The lowest BCUT2D eigenvalue weighted by Gasteiger charge is -2.38. The Morgan fingerprint density at radius 2 is 1.56 bits per heavy atom. The predicted molar refractivity (Wildman–Crippen MR) is 137 cm³/mol. The average Bonchev–Trinajstić information content (AvgIpc) is 2.86. The second-order valence-electron chi connectivity index (χ2n) is 8.62. The van der Waals surface area contributed by atoms with Gasteiger partial charge >= 0.3 is 0 Å². The molecule has 3 aromatic rings. The lowest BCUT2D eigenvalue weighted by Crippen LogP contribution is -2.47. The lowest BCUT2D eigenvalue weighted by molar-refractivity contribution is -0.131. The Balaban J connectivity index is 1.54. The summed E-state index contributed by atoms with van der Waals surface area (Å²) in [7, 11) is 0. The molecule has 5 nitrogen and oxygen atoms in total. The van der Waals surface area contributed by atoms with Crippen LogP contribution in [0.2, 0.25) is 0 Å². The third-order valence-electron chi connectivity index (χ3n) is 6.16. The molecule has 0 aromatic heterocycles. The third-order valence-corrected chi connectivity index (χ3v) is 6.69. The Bertz CT molecular complexity index is 1180. The summed E-state index contributed by atoms with van der Waals surface area (Å²) >= 11 is 3.42. The number of rotatable bonds is 5. The summed E-state index contributed by atoms with van der Waals surface area (Å²) in [6, 6.07) is 24.2. The van der Waals surface area contributed by atoms with Gasteiger partial charge in [0.25, 0.3) is 11.8 Å². The summed E-state index contributed by atoms with van der Waals surface area (Å²) < 4.78 is 0.951. The summed E-state index contributed by atoms with van der Waals surface area (Å²) in [6.07, 6.45) is 2.55. The summed E-state index contributed by atoms with van der Waals surface area (Å²) in [5, 5.41) is 14.0. The Morgan fingerprint density at radius 3 is 2.18 bits per heavy atom. The zero-order valence-corrected chi connectivity index (χ0v) is 20.6. The highest BCUT2D eigenvalue weighted by molar-refractivity contribution is 9.10. The number of hydrogen-bond donors (Lipinski definition) is 2. The summed E-state index contributed by atoms with van der Waals surface area (Å²) in [5.41, 5.74) is 2.49. The van der Waals surface area contributed by atoms with Gasteiger partial charge in [0.15, 0.2) is 0 Å². The van der Waals surface area contributed by atoms with Crippen LogP contribution >= 0.6 is 15.9 Å². The molecule has 0 aliphatic carbocycles. The first-order valence-electron chi connectivity index (χ1n) is 11.3. The number of amides is 2. The molecule has 0 radical (unpaired) electrons. The number of hydrogen-bond acceptors (Lipinski definition) is 3. The molecule has 174 valence electrons. The smallest absolute Gasteiger partial charge is 0.270 e. The zero-order chi connectivity index (χ0) is 24.1. The standard InChI is InChI=1S/C28H27BrN2O3/c1-20-7-9-21(10-8-20)19-25(30-26(32)22-5-3-2-4-6-22)27(33)31-17-15-28(34,16-18-31)23-11-13-24(29)14-12-23/h2-14,19,34H,15-18H2,1H3,(H,30,32). The predicted octanol–water partition coefficient (Wildman–Crippen LogP) is 5.04. The Kier molecular flexibility index (Phi) is 7.29. The van der Waals surface area contributed by atoms with Crippen molar-refractivity contribution in [2.24, 2.45) is 0 Å². The molecule has 34 heavy (non-hydrogen) atoms. The highest BCUT2D eigenvalue weighted by Gasteiger charge is 2.36. The summed E-state index contributed by atoms with van der Waals surface area (Å²) in [6.45, 7) is 2.77. The Labute approximate surface area is 208 Å². The van der Waals surface area contributed by atoms with Crippen molar-refractivity contribution in [3.05, 3.63) is 111 Å². The van der Waals surface area contributed by atoms with Gasteiger partial charge in [-0.2, -0.15) is 0 Å². The van der Waals surface area contributed by atoms with Crippen LogP contribution in [-0.2, 0) is 10.4 Å². The molecule has 1 aliphatic heterocycles. The lowest BCUT2D eigenvalue weighted by atomic mass is 9.84. The fourth-order valence-corrected chi connectivity index (χ4v) is 4.33. The molecule has 0 unspecified atom stereocenters.